The minimum atomic E-state index is 0.258. The second kappa shape index (κ2) is 7.71. The topological polar surface area (TPSA) is 24.9 Å². The molecule has 0 bridgehead atoms. The molecule has 2 aromatic rings. The molecule has 0 aliphatic rings. The van der Waals surface area contributed by atoms with Crippen LogP contribution < -0.4 is 5.32 Å². The summed E-state index contributed by atoms with van der Waals surface area (Å²) in [6, 6.07) is 12.8. The van der Waals surface area contributed by atoms with Crippen LogP contribution in [0.15, 0.2) is 47.1 Å². The van der Waals surface area contributed by atoms with E-state index in [1.165, 1.54) is 15.6 Å². The first-order valence-corrected chi connectivity index (χ1v) is 8.33. The minimum absolute atomic E-state index is 0.258. The van der Waals surface area contributed by atoms with E-state index in [0.29, 0.717) is 5.92 Å². The summed E-state index contributed by atoms with van der Waals surface area (Å²) < 4.78 is 1.20. The van der Waals surface area contributed by atoms with Gasteiger partial charge in [0.25, 0.3) is 0 Å². The lowest BCUT2D eigenvalue weighted by Crippen LogP contribution is -2.27. The fourth-order valence-electron chi connectivity index (χ4n) is 2.58. The number of aromatic nitrogens is 1. The number of benzene rings is 1. The van der Waals surface area contributed by atoms with Crippen molar-refractivity contribution >= 4 is 15.9 Å². The molecule has 1 aromatic heterocycles. The Hall–Kier alpha value is -1.19. The van der Waals surface area contributed by atoms with Crippen molar-refractivity contribution in [2.24, 2.45) is 0 Å². The van der Waals surface area contributed by atoms with Crippen LogP contribution in [0.4, 0.5) is 0 Å². The highest BCUT2D eigenvalue weighted by Gasteiger charge is 2.23. The van der Waals surface area contributed by atoms with Gasteiger partial charge in [-0.05, 0) is 43.1 Å². The largest absolute Gasteiger partial charge is 0.309 e. The summed E-state index contributed by atoms with van der Waals surface area (Å²) in [4.78, 5) is 4.53. The van der Waals surface area contributed by atoms with Gasteiger partial charge in [0.2, 0.25) is 0 Å². The molecule has 2 rings (SSSR count). The van der Waals surface area contributed by atoms with Crippen LogP contribution in [0.25, 0.3) is 0 Å². The molecule has 0 saturated heterocycles. The van der Waals surface area contributed by atoms with E-state index < -0.39 is 0 Å². The molecule has 0 aliphatic heterocycles. The quantitative estimate of drug-likeness (QED) is 0.796. The SMILES string of the molecule is CCCNC(c1cccc(C)c1Br)C(C)c1ccccn1. The van der Waals surface area contributed by atoms with Gasteiger partial charge in [0.1, 0.15) is 0 Å². The molecule has 1 heterocycles. The van der Waals surface area contributed by atoms with Crippen LogP contribution in [-0.2, 0) is 0 Å². The standard InChI is InChI=1S/C18H23BrN2/c1-4-11-21-18(14(3)16-10-5-6-12-20-16)15-9-7-8-13(2)17(15)19/h5-10,12,14,18,21H,4,11H2,1-3H3. The Balaban J connectivity index is 2.36. The zero-order valence-electron chi connectivity index (χ0n) is 12.9. The summed E-state index contributed by atoms with van der Waals surface area (Å²) in [5, 5.41) is 3.68. The predicted molar refractivity (Wildman–Crippen MR) is 92.6 cm³/mol. The molecule has 112 valence electrons. The molecule has 0 fully saturated rings. The van der Waals surface area contributed by atoms with Crippen LogP contribution in [0.1, 0.15) is 49.0 Å². The summed E-state index contributed by atoms with van der Waals surface area (Å²) in [7, 11) is 0. The van der Waals surface area contributed by atoms with Gasteiger partial charge in [-0.1, -0.05) is 54.0 Å². The lowest BCUT2D eigenvalue weighted by atomic mass is 9.90. The summed E-state index contributed by atoms with van der Waals surface area (Å²) in [6.07, 6.45) is 2.99. The minimum Gasteiger partial charge on any atom is -0.309 e. The summed E-state index contributed by atoms with van der Waals surface area (Å²) >= 11 is 3.75. The van der Waals surface area contributed by atoms with E-state index in [9.17, 15) is 0 Å². The van der Waals surface area contributed by atoms with E-state index in [0.717, 1.165) is 18.7 Å². The number of aryl methyl sites for hydroxylation is 1. The zero-order valence-corrected chi connectivity index (χ0v) is 14.5. The molecular weight excluding hydrogens is 324 g/mol. The van der Waals surface area contributed by atoms with Crippen LogP contribution in [0.5, 0.6) is 0 Å². The molecule has 3 heteroatoms. The highest BCUT2D eigenvalue weighted by Crippen LogP contribution is 2.35. The van der Waals surface area contributed by atoms with Crippen molar-refractivity contribution in [2.45, 2.75) is 39.2 Å². The molecule has 2 atom stereocenters. The first-order valence-electron chi connectivity index (χ1n) is 7.54. The second-order valence-corrected chi connectivity index (χ2v) is 6.25. The first-order chi connectivity index (χ1) is 10.1. The lowest BCUT2D eigenvalue weighted by Gasteiger charge is -2.27. The smallest absolute Gasteiger partial charge is 0.0450 e. The molecule has 1 N–H and O–H groups in total. The van der Waals surface area contributed by atoms with Crippen LogP contribution >= 0.6 is 15.9 Å². The van der Waals surface area contributed by atoms with Gasteiger partial charge >= 0.3 is 0 Å². The molecule has 2 unspecified atom stereocenters. The molecule has 0 amide bonds. The van der Waals surface area contributed by atoms with E-state index in [1.807, 2.05) is 12.3 Å². The lowest BCUT2D eigenvalue weighted by molar-refractivity contribution is 0.458. The van der Waals surface area contributed by atoms with Gasteiger partial charge in [-0.15, -0.1) is 0 Å². The van der Waals surface area contributed by atoms with E-state index in [2.05, 4.69) is 77.3 Å². The highest BCUT2D eigenvalue weighted by molar-refractivity contribution is 9.10. The van der Waals surface area contributed by atoms with E-state index in [-0.39, 0.29) is 6.04 Å². The molecule has 0 radical (unpaired) electrons. The molecule has 0 spiro atoms. The predicted octanol–water partition coefficient (Wildman–Crippen LogP) is 5.00. The summed E-state index contributed by atoms with van der Waals surface area (Å²) in [5.41, 5.74) is 3.70. The zero-order chi connectivity index (χ0) is 15.2. The Morgan fingerprint density at radius 2 is 2.00 bits per heavy atom. The van der Waals surface area contributed by atoms with Crippen molar-refractivity contribution in [3.05, 3.63) is 63.9 Å². The Morgan fingerprint density at radius 1 is 1.19 bits per heavy atom. The maximum absolute atomic E-state index is 4.53. The maximum atomic E-state index is 4.53. The second-order valence-electron chi connectivity index (χ2n) is 5.45. The van der Waals surface area contributed by atoms with Gasteiger partial charge in [-0.2, -0.15) is 0 Å². The summed E-state index contributed by atoms with van der Waals surface area (Å²) in [6.45, 7) is 7.57. The Morgan fingerprint density at radius 3 is 2.67 bits per heavy atom. The number of halogens is 1. The number of hydrogen-bond acceptors (Lipinski definition) is 2. The monoisotopic (exact) mass is 346 g/mol. The van der Waals surface area contributed by atoms with Gasteiger partial charge in [0.05, 0.1) is 0 Å². The van der Waals surface area contributed by atoms with Crippen LogP contribution in [0.3, 0.4) is 0 Å². The number of nitrogens with zero attached hydrogens (tertiary/aromatic N) is 1. The average molecular weight is 347 g/mol. The van der Waals surface area contributed by atoms with Gasteiger partial charge in [0.15, 0.2) is 0 Å². The van der Waals surface area contributed by atoms with Gasteiger partial charge in [0, 0.05) is 28.3 Å². The summed E-state index contributed by atoms with van der Waals surface area (Å²) in [5.74, 6) is 0.316. The van der Waals surface area contributed by atoms with Crippen molar-refractivity contribution in [3.8, 4) is 0 Å². The van der Waals surface area contributed by atoms with E-state index >= 15 is 0 Å². The van der Waals surface area contributed by atoms with Gasteiger partial charge in [-0.3, -0.25) is 4.98 Å². The molecular formula is C18H23BrN2. The van der Waals surface area contributed by atoms with Crippen molar-refractivity contribution in [1.82, 2.24) is 10.3 Å². The first kappa shape index (κ1) is 16.2. The third-order valence-electron chi connectivity index (χ3n) is 3.83. The van der Waals surface area contributed by atoms with Gasteiger partial charge < -0.3 is 5.32 Å². The molecule has 0 aliphatic carbocycles. The highest BCUT2D eigenvalue weighted by atomic mass is 79.9. The van der Waals surface area contributed by atoms with Crippen molar-refractivity contribution < 1.29 is 0 Å². The van der Waals surface area contributed by atoms with Crippen LogP contribution in [0.2, 0.25) is 0 Å². The molecule has 2 nitrogen and oxygen atoms in total. The Labute approximate surface area is 136 Å². The molecule has 1 aromatic carbocycles. The number of nitrogens with one attached hydrogen (secondary N) is 1. The third kappa shape index (κ3) is 3.92. The van der Waals surface area contributed by atoms with Crippen LogP contribution in [0, 0.1) is 6.92 Å². The van der Waals surface area contributed by atoms with Gasteiger partial charge in [-0.25, -0.2) is 0 Å². The third-order valence-corrected chi connectivity index (χ3v) is 4.91. The number of rotatable bonds is 6. The fourth-order valence-corrected chi connectivity index (χ4v) is 3.09. The van der Waals surface area contributed by atoms with Crippen molar-refractivity contribution in [2.75, 3.05) is 6.54 Å². The Bertz CT molecular complexity index is 569. The molecule has 21 heavy (non-hydrogen) atoms. The van der Waals surface area contributed by atoms with Crippen molar-refractivity contribution in [3.63, 3.8) is 0 Å². The van der Waals surface area contributed by atoms with Crippen molar-refractivity contribution in [1.29, 1.82) is 0 Å². The van der Waals surface area contributed by atoms with Crippen LogP contribution in [-0.4, -0.2) is 11.5 Å². The normalized spacial score (nSPS) is 13.9. The average Bonchev–Trinajstić information content (AvgIpc) is 2.52. The Kier molecular flexibility index (Phi) is 5.95. The number of pyridine rings is 1. The van der Waals surface area contributed by atoms with E-state index in [1.54, 1.807) is 0 Å². The maximum Gasteiger partial charge on any atom is 0.0450 e. The van der Waals surface area contributed by atoms with E-state index in [4.69, 9.17) is 0 Å². The number of hydrogen-bond donors (Lipinski definition) is 1. The fraction of sp³-hybridized carbons (Fsp3) is 0.389. The molecule has 0 saturated carbocycles.